The Balaban J connectivity index is 0.000000216. The zero-order chi connectivity index (χ0) is 60.0. The van der Waals surface area contributed by atoms with E-state index in [0.717, 1.165) is 170 Å². The van der Waals surface area contributed by atoms with Gasteiger partial charge < -0.3 is 18.9 Å². The molecule has 0 N–H and O–H groups in total. The van der Waals surface area contributed by atoms with Crippen molar-refractivity contribution in [3.8, 4) is 0 Å². The number of hydrogen-bond donors (Lipinski definition) is 0. The molecule has 16 saturated carbocycles. The number of hydrogen-bond acceptors (Lipinski definition) is 8. The van der Waals surface area contributed by atoms with Crippen LogP contribution in [0.25, 0.3) is 0 Å². The maximum absolute atomic E-state index is 12.6. The molecule has 8 nitrogen and oxygen atoms in total. The second-order valence-electron chi connectivity index (χ2n) is 36.9. The number of fused-ring (bicyclic) bond motifs is 36. The topological polar surface area (TPSA) is 105 Å². The lowest BCUT2D eigenvalue weighted by Crippen LogP contribution is -2.47. The van der Waals surface area contributed by atoms with E-state index in [2.05, 4.69) is 55.4 Å². The Labute approximate surface area is 569 Å². The summed E-state index contributed by atoms with van der Waals surface area (Å²) in [5.74, 6) is 21.4. The van der Waals surface area contributed by atoms with Gasteiger partial charge in [-0.25, -0.2) is 0 Å². The van der Waals surface area contributed by atoms with Crippen molar-refractivity contribution in [2.24, 2.45) is 164 Å². The molecule has 0 radical (unpaired) electrons. The van der Waals surface area contributed by atoms with Gasteiger partial charge in [0.25, 0.3) is 0 Å². The maximum Gasteiger partial charge on any atom is 0.312 e. The van der Waals surface area contributed by atoms with Crippen LogP contribution < -0.4 is 0 Å². The average Bonchev–Trinajstić information content (AvgIpc) is 1.57. The highest BCUT2D eigenvalue weighted by Gasteiger charge is 2.71. The van der Waals surface area contributed by atoms with E-state index in [-0.39, 0.29) is 127 Å². The van der Waals surface area contributed by atoms with Gasteiger partial charge in [0.05, 0.1) is 21.7 Å². The molecule has 16 aliphatic rings. The van der Waals surface area contributed by atoms with E-state index < -0.39 is 0 Å². The van der Waals surface area contributed by atoms with Crippen LogP contribution in [0.15, 0.2) is 0 Å². The molecule has 28 atom stereocenters. The van der Waals surface area contributed by atoms with Gasteiger partial charge in [-0.05, 0) is 356 Å². The molecule has 0 amide bonds. The fraction of sp³-hybridized carbons (Fsp3) is 0.952. The zero-order valence-corrected chi connectivity index (χ0v) is 56.1. The van der Waals surface area contributed by atoms with Crippen LogP contribution in [0.3, 0.4) is 0 Å². The number of esters is 4. The van der Waals surface area contributed by atoms with Gasteiger partial charge in [0.2, 0.25) is 0 Å². The molecule has 0 heterocycles. The Bertz CT molecular complexity index is 2220. The molecule has 92 heavy (non-hydrogen) atoms. The van der Waals surface area contributed by atoms with Crippen LogP contribution in [0.2, 0.25) is 0 Å². The van der Waals surface area contributed by atoms with Gasteiger partial charge in [-0.3, -0.25) is 19.2 Å². The van der Waals surface area contributed by atoms with Crippen molar-refractivity contribution in [3.63, 3.8) is 0 Å². The van der Waals surface area contributed by atoms with Crippen molar-refractivity contribution in [2.75, 3.05) is 0 Å². The van der Waals surface area contributed by atoms with E-state index in [1.807, 2.05) is 55.4 Å². The summed E-state index contributed by atoms with van der Waals surface area (Å²) >= 11 is 0. The molecule has 16 rings (SSSR count). The van der Waals surface area contributed by atoms with E-state index in [0.29, 0.717) is 23.7 Å². The summed E-state index contributed by atoms with van der Waals surface area (Å²) in [5, 5.41) is 0. The normalized spacial score (nSPS) is 46.1. The lowest BCUT2D eigenvalue weighted by molar-refractivity contribution is -0.180. The Morgan fingerprint density at radius 1 is 0.272 bits per heavy atom. The molecule has 16 fully saturated rings. The van der Waals surface area contributed by atoms with Crippen LogP contribution in [0.5, 0.6) is 0 Å². The molecule has 16 aliphatic carbocycles. The lowest BCUT2D eigenvalue weighted by Gasteiger charge is -2.45. The van der Waals surface area contributed by atoms with E-state index in [1.54, 1.807) is 0 Å². The number of carbonyl (C=O) groups is 4. The summed E-state index contributed by atoms with van der Waals surface area (Å²) in [4.78, 5) is 50.3. The minimum atomic E-state index is -0.334. The van der Waals surface area contributed by atoms with Crippen molar-refractivity contribution in [2.45, 2.75) is 347 Å². The molecule has 8 heteroatoms. The lowest BCUT2D eigenvalue weighted by atomic mass is 9.66. The molecule has 0 saturated heterocycles. The molecule has 16 bridgehead atoms. The van der Waals surface area contributed by atoms with Crippen molar-refractivity contribution in [1.82, 2.24) is 0 Å². The van der Waals surface area contributed by atoms with Gasteiger partial charge in [0, 0.05) is 23.7 Å². The van der Waals surface area contributed by atoms with Gasteiger partial charge in [0.15, 0.2) is 0 Å². The average molecular weight is 1290 g/mol. The van der Waals surface area contributed by atoms with E-state index in [9.17, 15) is 19.2 Å². The Kier molecular flexibility index (Phi) is 24.1. The molecule has 0 aromatic carbocycles. The standard InChI is InChI=1S/4C19H30O2.8CH4/c4*1-5-18(2,3)17(20)21-19(4)10-13-9-14(19)16-12-7-6-11(8-12)15(13)16;;;;;;;;/h4*11-16H,5-10H2,1-4H3;8*1H4. The zero-order valence-electron chi connectivity index (χ0n) is 56.1. The minimum absolute atomic E-state index is 0. The molecular weight excluding hydrogens is 1140 g/mol. The number of carbonyl (C=O) groups excluding carboxylic acids is 4. The third-order valence-electron chi connectivity index (χ3n) is 31.3. The first kappa shape index (κ1) is 80.6. The summed E-state index contributed by atoms with van der Waals surface area (Å²) in [6, 6.07) is 0. The van der Waals surface area contributed by atoms with Crippen molar-refractivity contribution in [3.05, 3.63) is 0 Å². The monoisotopic (exact) mass is 1290 g/mol. The first-order chi connectivity index (χ1) is 39.4. The quantitative estimate of drug-likeness (QED) is 0.108. The summed E-state index contributed by atoms with van der Waals surface area (Å²) in [6.07, 6.45) is 30.9. The maximum atomic E-state index is 12.6. The van der Waals surface area contributed by atoms with Gasteiger partial charge in [-0.1, -0.05) is 87.1 Å². The molecule has 28 unspecified atom stereocenters. The molecule has 536 valence electrons. The minimum Gasteiger partial charge on any atom is -0.459 e. The highest BCUT2D eigenvalue weighted by atomic mass is 16.6. The van der Waals surface area contributed by atoms with Crippen LogP contribution >= 0.6 is 0 Å². The summed E-state index contributed by atoms with van der Waals surface area (Å²) < 4.78 is 24.7. The van der Waals surface area contributed by atoms with Crippen molar-refractivity contribution < 1.29 is 38.1 Å². The van der Waals surface area contributed by atoms with Gasteiger partial charge in [-0.15, -0.1) is 0 Å². The van der Waals surface area contributed by atoms with E-state index in [1.165, 1.54) is 103 Å². The summed E-state index contributed by atoms with van der Waals surface area (Å²) in [7, 11) is 0. The van der Waals surface area contributed by atoms with Gasteiger partial charge >= 0.3 is 23.9 Å². The third kappa shape index (κ3) is 12.6. The predicted octanol–water partition coefficient (Wildman–Crippen LogP) is 22.8. The van der Waals surface area contributed by atoms with E-state index in [4.69, 9.17) is 18.9 Å². The first-order valence-electron chi connectivity index (χ1n) is 36.4. The molecule has 0 aliphatic heterocycles. The van der Waals surface area contributed by atoms with Crippen LogP contribution in [0, 0.1) is 164 Å². The molecule has 0 aromatic rings. The Morgan fingerprint density at radius 3 is 0.576 bits per heavy atom. The second-order valence-corrected chi connectivity index (χ2v) is 36.9. The van der Waals surface area contributed by atoms with Crippen LogP contribution in [0.1, 0.15) is 324 Å². The Morgan fingerprint density at radius 2 is 0.424 bits per heavy atom. The van der Waals surface area contributed by atoms with Crippen molar-refractivity contribution >= 4 is 23.9 Å². The first-order valence-corrected chi connectivity index (χ1v) is 36.4. The van der Waals surface area contributed by atoms with E-state index >= 15 is 0 Å². The third-order valence-corrected chi connectivity index (χ3v) is 31.3. The summed E-state index contributed by atoms with van der Waals surface area (Å²) in [5.41, 5.74) is -2.00. The predicted molar refractivity (Wildman–Crippen MR) is 384 cm³/mol. The van der Waals surface area contributed by atoms with Gasteiger partial charge in [-0.2, -0.15) is 0 Å². The smallest absolute Gasteiger partial charge is 0.312 e. The summed E-state index contributed by atoms with van der Waals surface area (Å²) in [6.45, 7) is 33.4. The molecule has 0 aromatic heterocycles. The van der Waals surface area contributed by atoms with Gasteiger partial charge in [0.1, 0.15) is 22.4 Å². The largest absolute Gasteiger partial charge is 0.459 e. The van der Waals surface area contributed by atoms with Crippen LogP contribution in [0.4, 0.5) is 0 Å². The van der Waals surface area contributed by atoms with Crippen LogP contribution in [-0.4, -0.2) is 46.3 Å². The van der Waals surface area contributed by atoms with Crippen LogP contribution in [-0.2, 0) is 38.1 Å². The Hall–Kier alpha value is -2.12. The highest BCUT2D eigenvalue weighted by molar-refractivity contribution is 5.78. The fourth-order valence-electron chi connectivity index (χ4n) is 25.9. The van der Waals surface area contributed by atoms with Crippen molar-refractivity contribution in [1.29, 1.82) is 0 Å². The molecule has 0 spiro atoms. The second kappa shape index (κ2) is 27.5. The highest BCUT2D eigenvalue weighted by Crippen LogP contribution is 2.74. The fourth-order valence-corrected chi connectivity index (χ4v) is 25.9. The molecular formula is C84H152O8. The number of rotatable bonds is 12. The SMILES string of the molecule is C.C.C.C.C.C.C.C.CCC(C)(C)C(=O)OC1(C)CC2CC1C1C3CCC(C3)C21.CCC(C)(C)C(=O)OC1(C)CC2CC1C1C3CCC(C3)C21.CCC(C)(C)C(=O)OC1(C)CC2CC1C1C3CCC(C3)C21.CCC(C)(C)C(=O)OC1(C)CC2CC1C1C3CCC(C3)C21. The number of ether oxygens (including phenoxy) is 4.